The fraction of sp³-hybridized carbons (Fsp3) is 0.278. The lowest BCUT2D eigenvalue weighted by molar-refractivity contribution is -0.124. The number of carboxylic acids is 1. The van der Waals surface area contributed by atoms with Gasteiger partial charge in [0.2, 0.25) is 11.7 Å². The molecule has 26 heavy (non-hydrogen) atoms. The van der Waals surface area contributed by atoms with E-state index >= 15 is 0 Å². The van der Waals surface area contributed by atoms with Gasteiger partial charge < -0.3 is 20.2 Å². The molecule has 0 fully saturated rings. The SMILES string of the molecule is CC(C)C(NC(=O)c1ccc(Cl)cc1)C(=O)NCc1ccc(C(=O)O)o1. The number of hydrogen-bond acceptors (Lipinski definition) is 4. The Morgan fingerprint density at radius 3 is 2.31 bits per heavy atom. The van der Waals surface area contributed by atoms with Crippen LogP contribution in [0.2, 0.25) is 5.02 Å². The average molecular weight is 379 g/mol. The van der Waals surface area contributed by atoms with Crippen LogP contribution in [0.1, 0.15) is 40.5 Å². The zero-order chi connectivity index (χ0) is 19.3. The Labute approximate surface area is 155 Å². The molecule has 1 unspecified atom stereocenters. The number of rotatable bonds is 7. The van der Waals surface area contributed by atoms with Crippen LogP contribution in [0.15, 0.2) is 40.8 Å². The molecule has 0 saturated carbocycles. The van der Waals surface area contributed by atoms with Crippen LogP contribution in [-0.2, 0) is 11.3 Å². The number of nitrogens with one attached hydrogen (secondary N) is 2. The van der Waals surface area contributed by atoms with Crippen molar-refractivity contribution in [1.82, 2.24) is 10.6 Å². The summed E-state index contributed by atoms with van der Waals surface area (Å²) in [5, 5.41) is 14.7. The number of amides is 2. The summed E-state index contributed by atoms with van der Waals surface area (Å²) in [6, 6.07) is 8.36. The van der Waals surface area contributed by atoms with E-state index in [0.717, 1.165) is 0 Å². The lowest BCUT2D eigenvalue weighted by Gasteiger charge is -2.21. The zero-order valence-corrected chi connectivity index (χ0v) is 15.0. The van der Waals surface area contributed by atoms with E-state index in [9.17, 15) is 14.4 Å². The molecular formula is C18H19ClN2O5. The average Bonchev–Trinajstić information content (AvgIpc) is 3.07. The van der Waals surface area contributed by atoms with Gasteiger partial charge in [-0.1, -0.05) is 25.4 Å². The van der Waals surface area contributed by atoms with Gasteiger partial charge in [-0.05, 0) is 42.3 Å². The standard InChI is InChI=1S/C18H19ClN2O5/c1-10(2)15(21-16(22)11-3-5-12(19)6-4-11)17(23)20-9-13-7-8-14(26-13)18(24)25/h3-8,10,15H,9H2,1-2H3,(H,20,23)(H,21,22)(H,24,25). The summed E-state index contributed by atoms with van der Waals surface area (Å²) in [5.41, 5.74) is 0.394. The van der Waals surface area contributed by atoms with Gasteiger partial charge in [0.1, 0.15) is 11.8 Å². The molecule has 0 bridgehead atoms. The maximum atomic E-state index is 12.4. The number of furan rings is 1. The second kappa shape index (κ2) is 8.53. The maximum absolute atomic E-state index is 12.4. The van der Waals surface area contributed by atoms with Crippen molar-refractivity contribution in [3.63, 3.8) is 0 Å². The van der Waals surface area contributed by atoms with Crippen LogP contribution < -0.4 is 10.6 Å². The predicted molar refractivity (Wildman–Crippen MR) is 95.1 cm³/mol. The Bertz CT molecular complexity index is 798. The quantitative estimate of drug-likeness (QED) is 0.686. The Morgan fingerprint density at radius 2 is 1.77 bits per heavy atom. The maximum Gasteiger partial charge on any atom is 0.371 e. The van der Waals surface area contributed by atoms with Gasteiger partial charge in [0.25, 0.3) is 5.91 Å². The first-order valence-corrected chi connectivity index (χ1v) is 8.32. The molecule has 7 nitrogen and oxygen atoms in total. The molecule has 2 amide bonds. The molecule has 1 heterocycles. The molecule has 0 radical (unpaired) electrons. The van der Waals surface area contributed by atoms with Crippen molar-refractivity contribution < 1.29 is 23.9 Å². The molecule has 2 aromatic rings. The van der Waals surface area contributed by atoms with Crippen LogP contribution in [0.5, 0.6) is 0 Å². The van der Waals surface area contributed by atoms with E-state index in [1.165, 1.54) is 12.1 Å². The van der Waals surface area contributed by atoms with Crippen molar-refractivity contribution in [1.29, 1.82) is 0 Å². The van der Waals surface area contributed by atoms with Crippen LogP contribution in [0, 0.1) is 5.92 Å². The van der Waals surface area contributed by atoms with Crippen LogP contribution in [-0.4, -0.2) is 28.9 Å². The summed E-state index contributed by atoms with van der Waals surface area (Å²) in [7, 11) is 0. The number of carbonyl (C=O) groups is 3. The van der Waals surface area contributed by atoms with E-state index < -0.39 is 17.9 Å². The number of carboxylic acid groups (broad SMARTS) is 1. The molecular weight excluding hydrogens is 360 g/mol. The minimum atomic E-state index is -1.18. The van der Waals surface area contributed by atoms with Crippen molar-refractivity contribution in [2.24, 2.45) is 5.92 Å². The molecule has 0 saturated heterocycles. The highest BCUT2D eigenvalue weighted by atomic mass is 35.5. The molecule has 3 N–H and O–H groups in total. The summed E-state index contributed by atoms with van der Waals surface area (Å²) in [6.07, 6.45) is 0. The second-order valence-corrected chi connectivity index (χ2v) is 6.43. The van der Waals surface area contributed by atoms with Crippen molar-refractivity contribution in [3.05, 3.63) is 58.5 Å². The van der Waals surface area contributed by atoms with Gasteiger partial charge in [0, 0.05) is 10.6 Å². The predicted octanol–water partition coefficient (Wildman–Crippen LogP) is 2.70. The van der Waals surface area contributed by atoms with Crippen molar-refractivity contribution in [2.45, 2.75) is 26.4 Å². The topological polar surface area (TPSA) is 109 Å². The molecule has 0 aliphatic heterocycles. The first-order valence-electron chi connectivity index (χ1n) is 7.94. The lowest BCUT2D eigenvalue weighted by atomic mass is 10.0. The number of halogens is 1. The summed E-state index contributed by atoms with van der Waals surface area (Å²) in [5.74, 6) is -2.01. The largest absolute Gasteiger partial charge is 0.475 e. The van der Waals surface area contributed by atoms with Gasteiger partial charge in [-0.25, -0.2) is 4.79 Å². The second-order valence-electron chi connectivity index (χ2n) is 5.99. The third kappa shape index (κ3) is 5.10. The van der Waals surface area contributed by atoms with E-state index in [1.807, 2.05) is 13.8 Å². The normalized spacial score (nSPS) is 11.8. The molecule has 138 valence electrons. The molecule has 8 heteroatoms. The Hall–Kier alpha value is -2.80. The third-order valence-electron chi connectivity index (χ3n) is 3.65. The fourth-order valence-electron chi connectivity index (χ4n) is 2.23. The van der Waals surface area contributed by atoms with Crippen LogP contribution in [0.3, 0.4) is 0 Å². The highest BCUT2D eigenvalue weighted by molar-refractivity contribution is 6.30. The van der Waals surface area contributed by atoms with E-state index in [-0.39, 0.29) is 24.1 Å². The number of aromatic carboxylic acids is 1. The van der Waals surface area contributed by atoms with E-state index in [1.54, 1.807) is 24.3 Å². The van der Waals surface area contributed by atoms with Gasteiger partial charge in [0.15, 0.2) is 0 Å². The summed E-state index contributed by atoms with van der Waals surface area (Å²) >= 11 is 5.80. The van der Waals surface area contributed by atoms with Crippen LogP contribution in [0.4, 0.5) is 0 Å². The van der Waals surface area contributed by atoms with Gasteiger partial charge in [0.05, 0.1) is 6.54 Å². The molecule has 1 atom stereocenters. The van der Waals surface area contributed by atoms with Crippen LogP contribution in [0.25, 0.3) is 0 Å². The van der Waals surface area contributed by atoms with Gasteiger partial charge >= 0.3 is 5.97 Å². The summed E-state index contributed by atoms with van der Waals surface area (Å²) < 4.78 is 5.08. The molecule has 2 rings (SSSR count). The fourth-order valence-corrected chi connectivity index (χ4v) is 2.36. The number of benzene rings is 1. The third-order valence-corrected chi connectivity index (χ3v) is 3.90. The first-order chi connectivity index (χ1) is 12.3. The molecule has 0 aliphatic rings. The van der Waals surface area contributed by atoms with E-state index in [2.05, 4.69) is 10.6 Å². The summed E-state index contributed by atoms with van der Waals surface area (Å²) in [6.45, 7) is 3.63. The minimum Gasteiger partial charge on any atom is -0.475 e. The first kappa shape index (κ1) is 19.5. The summed E-state index contributed by atoms with van der Waals surface area (Å²) in [4.78, 5) is 35.5. The number of carbonyl (C=O) groups excluding carboxylic acids is 2. The van der Waals surface area contributed by atoms with Crippen molar-refractivity contribution in [2.75, 3.05) is 0 Å². The van der Waals surface area contributed by atoms with Gasteiger partial charge in [-0.2, -0.15) is 0 Å². The highest BCUT2D eigenvalue weighted by Gasteiger charge is 2.24. The van der Waals surface area contributed by atoms with Crippen molar-refractivity contribution >= 4 is 29.4 Å². The molecule has 1 aromatic carbocycles. The lowest BCUT2D eigenvalue weighted by Crippen LogP contribution is -2.49. The van der Waals surface area contributed by atoms with Gasteiger partial charge in [-0.3, -0.25) is 9.59 Å². The van der Waals surface area contributed by atoms with Crippen molar-refractivity contribution in [3.8, 4) is 0 Å². The zero-order valence-electron chi connectivity index (χ0n) is 14.3. The monoisotopic (exact) mass is 378 g/mol. The highest BCUT2D eigenvalue weighted by Crippen LogP contribution is 2.11. The minimum absolute atomic E-state index is 0.0200. The molecule has 0 spiro atoms. The Kier molecular flexibility index (Phi) is 6.41. The number of hydrogen-bond donors (Lipinski definition) is 3. The molecule has 1 aromatic heterocycles. The van der Waals surface area contributed by atoms with Gasteiger partial charge in [-0.15, -0.1) is 0 Å². The Morgan fingerprint density at radius 1 is 1.12 bits per heavy atom. The Balaban J connectivity index is 1.98. The van der Waals surface area contributed by atoms with E-state index in [0.29, 0.717) is 16.3 Å². The molecule has 0 aliphatic carbocycles. The van der Waals surface area contributed by atoms with E-state index in [4.69, 9.17) is 21.1 Å². The smallest absolute Gasteiger partial charge is 0.371 e. The van der Waals surface area contributed by atoms with Crippen LogP contribution >= 0.6 is 11.6 Å².